The Morgan fingerprint density at radius 2 is 2.03 bits per heavy atom. The molecule has 1 aromatic carbocycles. The third kappa shape index (κ3) is 4.31. The average molecular weight is 421 g/mol. The highest BCUT2D eigenvalue weighted by Crippen LogP contribution is 2.28. The van der Waals surface area contributed by atoms with E-state index in [4.69, 9.17) is 4.52 Å². The molecule has 1 unspecified atom stereocenters. The van der Waals surface area contributed by atoms with Crippen LogP contribution in [0.5, 0.6) is 0 Å². The molecule has 0 saturated carbocycles. The second-order valence-corrected chi connectivity index (χ2v) is 9.85. The van der Waals surface area contributed by atoms with Crippen LogP contribution in [0, 0.1) is 0 Å². The lowest BCUT2D eigenvalue weighted by Gasteiger charge is -2.37. The van der Waals surface area contributed by atoms with Crippen LogP contribution in [0.4, 0.5) is 0 Å². The van der Waals surface area contributed by atoms with E-state index < -0.39 is 15.6 Å². The number of nitrogens with zero attached hydrogens (tertiary/aromatic N) is 5. The molecule has 1 aliphatic rings. The van der Waals surface area contributed by atoms with Gasteiger partial charge in [-0.3, -0.25) is 0 Å². The summed E-state index contributed by atoms with van der Waals surface area (Å²) in [5, 5.41) is 22.4. The molecule has 156 valence electrons. The minimum absolute atomic E-state index is 0.0114. The first-order valence-corrected chi connectivity index (χ1v) is 11.1. The van der Waals surface area contributed by atoms with Gasteiger partial charge in [-0.15, -0.1) is 0 Å². The molecule has 29 heavy (non-hydrogen) atoms. The van der Waals surface area contributed by atoms with Crippen LogP contribution in [0.25, 0.3) is 11.0 Å². The van der Waals surface area contributed by atoms with Crippen molar-refractivity contribution in [1.82, 2.24) is 24.8 Å². The Hall–Kier alpha value is -2.37. The Labute approximate surface area is 167 Å². The fourth-order valence-corrected chi connectivity index (χ4v) is 5.16. The van der Waals surface area contributed by atoms with Gasteiger partial charge in [-0.05, 0) is 40.9 Å². The van der Waals surface area contributed by atoms with E-state index in [0.717, 1.165) is 0 Å². The van der Waals surface area contributed by atoms with Crippen LogP contribution < -0.4 is 0 Å². The van der Waals surface area contributed by atoms with E-state index in [9.17, 15) is 13.5 Å². The largest absolute Gasteiger partial charge is 0.388 e. The number of benzene rings is 1. The summed E-state index contributed by atoms with van der Waals surface area (Å²) in [7, 11) is -3.63. The molecule has 3 aromatic rings. The lowest BCUT2D eigenvalue weighted by Crippen LogP contribution is -2.51. The van der Waals surface area contributed by atoms with Crippen molar-refractivity contribution >= 4 is 21.1 Å². The van der Waals surface area contributed by atoms with Crippen molar-refractivity contribution in [3.63, 3.8) is 0 Å². The van der Waals surface area contributed by atoms with Crippen molar-refractivity contribution in [2.45, 2.75) is 50.4 Å². The smallest absolute Gasteiger partial charge is 0.229 e. The van der Waals surface area contributed by atoms with Crippen molar-refractivity contribution in [1.29, 1.82) is 0 Å². The number of β-amino-alcohol motifs (C(OH)–C–C–N with tert-alkyl or cyclic N) is 1. The van der Waals surface area contributed by atoms with Crippen LogP contribution in [0.3, 0.4) is 0 Å². The first-order chi connectivity index (χ1) is 13.7. The normalized spacial score (nSPS) is 21.2. The Bertz CT molecular complexity index is 1110. The fourth-order valence-electron chi connectivity index (χ4n) is 3.53. The van der Waals surface area contributed by atoms with Gasteiger partial charge in [-0.1, -0.05) is 25.1 Å². The van der Waals surface area contributed by atoms with Gasteiger partial charge in [0, 0.05) is 19.0 Å². The van der Waals surface area contributed by atoms with Crippen LogP contribution in [-0.4, -0.2) is 57.0 Å². The summed E-state index contributed by atoms with van der Waals surface area (Å²) in [4.78, 5) is 4.30. The maximum absolute atomic E-state index is 13.0. The minimum atomic E-state index is -3.63. The molecule has 0 amide bonds. The van der Waals surface area contributed by atoms with Crippen LogP contribution in [0.15, 0.2) is 27.4 Å². The van der Waals surface area contributed by atoms with Gasteiger partial charge in [0.25, 0.3) is 0 Å². The zero-order valence-corrected chi connectivity index (χ0v) is 17.1. The lowest BCUT2D eigenvalue weighted by molar-refractivity contribution is -0.0129. The van der Waals surface area contributed by atoms with Crippen molar-refractivity contribution in [2.75, 3.05) is 13.1 Å². The van der Waals surface area contributed by atoms with Crippen molar-refractivity contribution in [3.05, 3.63) is 35.5 Å². The number of piperidine rings is 1. The lowest BCUT2D eigenvalue weighted by atomic mass is 9.91. The Balaban J connectivity index is 1.48. The molecule has 1 N–H and O–H groups in total. The third-order valence-electron chi connectivity index (χ3n) is 5.06. The molecule has 1 atom stereocenters. The highest BCUT2D eigenvalue weighted by Gasteiger charge is 2.39. The van der Waals surface area contributed by atoms with Gasteiger partial charge < -0.3 is 9.63 Å². The van der Waals surface area contributed by atoms with Crippen LogP contribution >= 0.6 is 0 Å². The van der Waals surface area contributed by atoms with Gasteiger partial charge in [-0.25, -0.2) is 13.0 Å². The summed E-state index contributed by atoms with van der Waals surface area (Å²) in [5.74, 6) is 0.813. The van der Waals surface area contributed by atoms with Gasteiger partial charge in [0.15, 0.2) is 5.82 Å². The van der Waals surface area contributed by atoms with E-state index in [2.05, 4.69) is 25.1 Å². The predicted molar refractivity (Wildman–Crippen MR) is 102 cm³/mol. The molecule has 0 bridgehead atoms. The summed E-state index contributed by atoms with van der Waals surface area (Å²) < 4.78 is 37.2. The molecule has 0 aliphatic carbocycles. The number of aromatic nitrogens is 4. The van der Waals surface area contributed by atoms with Gasteiger partial charge in [-0.2, -0.15) is 9.29 Å². The van der Waals surface area contributed by atoms with Gasteiger partial charge in [0.05, 0.1) is 17.8 Å². The number of rotatable bonds is 6. The van der Waals surface area contributed by atoms with Crippen LogP contribution in [0.1, 0.15) is 49.9 Å². The fraction of sp³-hybridized carbons (Fsp3) is 0.556. The molecule has 10 nitrogen and oxygen atoms in total. The van der Waals surface area contributed by atoms with E-state index in [0.29, 0.717) is 47.7 Å². The molecule has 0 spiro atoms. The standard InChI is InChI=1S/C18H23N5O5S/c1-12(2)17-19-16(27-22-17)9-18(24)6-3-7-23(11-18)29(25,26)10-13-4-5-14-15(8-13)21-28-20-14/h4-5,8,12,24H,3,6-7,9-11H2,1-2H3. The number of fused-ring (bicyclic) bond motifs is 1. The quantitative estimate of drug-likeness (QED) is 0.630. The highest BCUT2D eigenvalue weighted by molar-refractivity contribution is 7.88. The second kappa shape index (κ2) is 7.47. The van der Waals surface area contributed by atoms with Crippen LogP contribution in [0.2, 0.25) is 0 Å². The molecule has 3 heterocycles. The Kier molecular flexibility index (Phi) is 5.13. The Morgan fingerprint density at radius 1 is 1.24 bits per heavy atom. The SMILES string of the molecule is CC(C)c1noc(CC2(O)CCCN(S(=O)(=O)Cc3ccc4nonc4c3)C2)n1. The first-order valence-electron chi connectivity index (χ1n) is 9.48. The monoisotopic (exact) mass is 421 g/mol. The summed E-state index contributed by atoms with van der Waals surface area (Å²) in [6.45, 7) is 4.25. The molecule has 11 heteroatoms. The Morgan fingerprint density at radius 3 is 2.79 bits per heavy atom. The number of aliphatic hydroxyl groups is 1. The molecular formula is C18H23N5O5S. The van der Waals surface area contributed by atoms with Gasteiger partial charge in [0.2, 0.25) is 15.9 Å². The molecular weight excluding hydrogens is 398 g/mol. The van der Waals surface area contributed by atoms with E-state index in [1.165, 1.54) is 4.31 Å². The summed E-state index contributed by atoms with van der Waals surface area (Å²) in [6, 6.07) is 5.00. The highest BCUT2D eigenvalue weighted by atomic mass is 32.2. The minimum Gasteiger partial charge on any atom is -0.388 e. The van der Waals surface area contributed by atoms with Gasteiger partial charge in [0.1, 0.15) is 11.0 Å². The van der Waals surface area contributed by atoms with Crippen LogP contribution in [-0.2, 0) is 22.2 Å². The molecule has 2 aromatic heterocycles. The molecule has 1 saturated heterocycles. The first kappa shape index (κ1) is 19.9. The zero-order valence-electron chi connectivity index (χ0n) is 16.3. The topological polar surface area (TPSA) is 135 Å². The van der Waals surface area contributed by atoms with E-state index in [1.54, 1.807) is 18.2 Å². The number of sulfonamides is 1. The van der Waals surface area contributed by atoms with Crippen molar-refractivity contribution in [3.8, 4) is 0 Å². The van der Waals surface area contributed by atoms with Gasteiger partial charge >= 0.3 is 0 Å². The van der Waals surface area contributed by atoms with E-state index >= 15 is 0 Å². The zero-order chi connectivity index (χ0) is 20.6. The third-order valence-corrected chi connectivity index (χ3v) is 6.86. The summed E-state index contributed by atoms with van der Waals surface area (Å²) in [5.41, 5.74) is 0.413. The number of hydrogen-bond acceptors (Lipinski definition) is 9. The molecule has 4 rings (SSSR count). The maximum Gasteiger partial charge on any atom is 0.229 e. The summed E-state index contributed by atoms with van der Waals surface area (Å²) in [6.07, 6.45) is 1.14. The summed E-state index contributed by atoms with van der Waals surface area (Å²) >= 11 is 0. The van der Waals surface area contributed by atoms with Crippen molar-refractivity contribution in [2.24, 2.45) is 0 Å². The predicted octanol–water partition coefficient (Wildman–Crippen LogP) is 1.63. The van der Waals surface area contributed by atoms with E-state index in [-0.39, 0.29) is 24.6 Å². The average Bonchev–Trinajstić information content (AvgIpc) is 3.30. The second-order valence-electron chi connectivity index (χ2n) is 7.88. The molecule has 0 radical (unpaired) electrons. The molecule has 1 aliphatic heterocycles. The van der Waals surface area contributed by atoms with E-state index in [1.807, 2.05) is 13.8 Å². The van der Waals surface area contributed by atoms with Crippen molar-refractivity contribution < 1.29 is 22.7 Å². The maximum atomic E-state index is 13.0. The molecule has 1 fully saturated rings. The number of hydrogen-bond donors (Lipinski definition) is 1.